The zero-order valence-corrected chi connectivity index (χ0v) is 10.9. The number of carbonyl (C=O) groups excluding carboxylic acids is 1. The number of hydrogen-bond acceptors (Lipinski definition) is 4. The molecule has 0 fully saturated rings. The Morgan fingerprint density at radius 1 is 1.42 bits per heavy atom. The zero-order valence-electron chi connectivity index (χ0n) is 10.0. The number of carboxylic acid groups (broad SMARTS) is 1. The summed E-state index contributed by atoms with van der Waals surface area (Å²) in [5, 5.41) is 10.9. The topological polar surface area (TPSA) is 79.3 Å². The van der Waals surface area contributed by atoms with E-state index in [1.807, 2.05) is 0 Å². The van der Waals surface area contributed by atoms with Gasteiger partial charge in [0.25, 0.3) is 5.91 Å². The average Bonchev–Trinajstić information content (AvgIpc) is 2.74. The molecule has 1 amide bonds. The van der Waals surface area contributed by atoms with Crippen molar-refractivity contribution in [1.82, 2.24) is 10.3 Å². The van der Waals surface area contributed by atoms with Crippen LogP contribution in [-0.4, -0.2) is 28.5 Å². The molecule has 2 N–H and O–H groups in total. The lowest BCUT2D eigenvalue weighted by molar-refractivity contribution is -0.146. The molecule has 9 heteroatoms. The van der Waals surface area contributed by atoms with E-state index in [0.717, 1.165) is 5.38 Å². The maximum Gasteiger partial charge on any atom is 0.443 e. The van der Waals surface area contributed by atoms with Crippen molar-refractivity contribution in [1.29, 1.82) is 0 Å². The molecule has 0 bridgehead atoms. The maximum atomic E-state index is 12.3. The standard InChI is InChI=1S/C10H11F3N2O3S/c1-9(2,8(17)18)4-14-6(16)5-3-19-7(15-5)10(11,12)13/h3H,4H2,1-2H3,(H,14,16)(H,17,18). The van der Waals surface area contributed by atoms with Gasteiger partial charge in [-0.2, -0.15) is 13.2 Å². The first-order valence-corrected chi connectivity index (χ1v) is 5.96. The summed E-state index contributed by atoms with van der Waals surface area (Å²) in [7, 11) is 0. The second kappa shape index (κ2) is 5.16. The van der Waals surface area contributed by atoms with Crippen molar-refractivity contribution in [2.24, 2.45) is 5.41 Å². The fourth-order valence-corrected chi connectivity index (χ4v) is 1.64. The molecular weight excluding hydrogens is 285 g/mol. The molecular formula is C10H11F3N2O3S. The van der Waals surface area contributed by atoms with Crippen LogP contribution in [0.3, 0.4) is 0 Å². The van der Waals surface area contributed by atoms with Gasteiger partial charge in [0.2, 0.25) is 0 Å². The first-order valence-electron chi connectivity index (χ1n) is 5.08. The van der Waals surface area contributed by atoms with Crippen LogP contribution in [0.1, 0.15) is 29.3 Å². The van der Waals surface area contributed by atoms with Crippen molar-refractivity contribution >= 4 is 23.2 Å². The maximum absolute atomic E-state index is 12.3. The van der Waals surface area contributed by atoms with E-state index in [1.54, 1.807) is 0 Å². The van der Waals surface area contributed by atoms with Gasteiger partial charge in [-0.15, -0.1) is 11.3 Å². The molecule has 0 aliphatic carbocycles. The molecule has 0 saturated heterocycles. The van der Waals surface area contributed by atoms with Gasteiger partial charge in [0.15, 0.2) is 5.01 Å². The van der Waals surface area contributed by atoms with Crippen LogP contribution in [0.4, 0.5) is 13.2 Å². The van der Waals surface area contributed by atoms with Crippen molar-refractivity contribution < 1.29 is 27.9 Å². The highest BCUT2D eigenvalue weighted by molar-refractivity contribution is 7.09. The summed E-state index contributed by atoms with van der Waals surface area (Å²) in [5.41, 5.74) is -1.59. The molecule has 0 saturated carbocycles. The lowest BCUT2D eigenvalue weighted by atomic mass is 9.94. The fraction of sp³-hybridized carbons (Fsp3) is 0.500. The SMILES string of the molecule is CC(C)(CNC(=O)c1csc(C(F)(F)F)n1)C(=O)O. The average molecular weight is 296 g/mol. The van der Waals surface area contributed by atoms with Gasteiger partial charge in [0, 0.05) is 11.9 Å². The minimum Gasteiger partial charge on any atom is -0.481 e. The number of aromatic nitrogens is 1. The zero-order chi connectivity index (χ0) is 14.8. The third kappa shape index (κ3) is 3.91. The van der Waals surface area contributed by atoms with Crippen molar-refractivity contribution in [2.75, 3.05) is 6.54 Å². The van der Waals surface area contributed by atoms with Crippen LogP contribution in [0.15, 0.2) is 5.38 Å². The van der Waals surface area contributed by atoms with Crippen LogP contribution in [0.5, 0.6) is 0 Å². The molecule has 0 radical (unpaired) electrons. The largest absolute Gasteiger partial charge is 0.481 e. The molecule has 5 nitrogen and oxygen atoms in total. The van der Waals surface area contributed by atoms with Crippen molar-refractivity contribution in [2.45, 2.75) is 20.0 Å². The lowest BCUT2D eigenvalue weighted by Gasteiger charge is -2.18. The number of carboxylic acids is 1. The van der Waals surface area contributed by atoms with Gasteiger partial charge in [0.1, 0.15) is 5.69 Å². The first kappa shape index (κ1) is 15.4. The van der Waals surface area contributed by atoms with E-state index in [2.05, 4.69) is 10.3 Å². The summed E-state index contributed by atoms with van der Waals surface area (Å²) in [6.45, 7) is 2.57. The Morgan fingerprint density at radius 2 is 2.00 bits per heavy atom. The summed E-state index contributed by atoms with van der Waals surface area (Å²) < 4.78 is 36.9. The Kier molecular flexibility index (Phi) is 4.18. The normalized spacial score (nSPS) is 12.3. The van der Waals surface area contributed by atoms with Gasteiger partial charge in [-0.3, -0.25) is 9.59 Å². The van der Waals surface area contributed by atoms with E-state index in [1.165, 1.54) is 13.8 Å². The van der Waals surface area contributed by atoms with Crippen LogP contribution in [-0.2, 0) is 11.0 Å². The van der Waals surface area contributed by atoms with Crippen LogP contribution in [0, 0.1) is 5.41 Å². The summed E-state index contributed by atoms with van der Waals surface area (Å²) in [6.07, 6.45) is -4.59. The molecule has 106 valence electrons. The molecule has 1 heterocycles. The van der Waals surface area contributed by atoms with Gasteiger partial charge in [-0.05, 0) is 13.8 Å². The van der Waals surface area contributed by atoms with Crippen molar-refractivity contribution in [3.05, 3.63) is 16.1 Å². The van der Waals surface area contributed by atoms with Crippen LogP contribution in [0.2, 0.25) is 0 Å². The van der Waals surface area contributed by atoms with Crippen LogP contribution >= 0.6 is 11.3 Å². The van der Waals surface area contributed by atoms with E-state index in [0.29, 0.717) is 11.3 Å². The predicted octanol–water partition coefficient (Wildman–Crippen LogP) is 2.00. The van der Waals surface area contributed by atoms with E-state index in [-0.39, 0.29) is 12.2 Å². The molecule has 0 aromatic carbocycles. The fourth-order valence-electron chi connectivity index (χ4n) is 0.976. The predicted molar refractivity (Wildman–Crippen MR) is 60.9 cm³/mol. The Morgan fingerprint density at radius 3 is 2.42 bits per heavy atom. The first-order chi connectivity index (χ1) is 8.54. The van der Waals surface area contributed by atoms with Crippen LogP contribution in [0.25, 0.3) is 0 Å². The number of alkyl halides is 3. The van der Waals surface area contributed by atoms with Gasteiger partial charge >= 0.3 is 12.1 Å². The number of nitrogens with zero attached hydrogens (tertiary/aromatic N) is 1. The molecule has 0 aliphatic rings. The van der Waals surface area contributed by atoms with E-state index >= 15 is 0 Å². The molecule has 1 aromatic heterocycles. The third-order valence-corrected chi connectivity index (χ3v) is 3.14. The highest BCUT2D eigenvalue weighted by Crippen LogP contribution is 2.31. The number of halogens is 3. The number of aliphatic carboxylic acids is 1. The number of carbonyl (C=O) groups is 2. The van der Waals surface area contributed by atoms with Gasteiger partial charge in [-0.1, -0.05) is 0 Å². The Labute approximate surface area is 110 Å². The number of thiazole rings is 1. The van der Waals surface area contributed by atoms with Gasteiger partial charge in [0.05, 0.1) is 5.41 Å². The Bertz CT molecular complexity index is 496. The quantitative estimate of drug-likeness (QED) is 0.890. The molecule has 1 aromatic rings. The monoisotopic (exact) mass is 296 g/mol. The number of rotatable bonds is 4. The molecule has 0 spiro atoms. The highest BCUT2D eigenvalue weighted by Gasteiger charge is 2.35. The van der Waals surface area contributed by atoms with E-state index in [4.69, 9.17) is 5.11 Å². The van der Waals surface area contributed by atoms with Crippen molar-refractivity contribution in [3.63, 3.8) is 0 Å². The number of hydrogen-bond donors (Lipinski definition) is 2. The minimum atomic E-state index is -4.59. The number of nitrogens with one attached hydrogen (secondary N) is 1. The molecule has 0 atom stereocenters. The van der Waals surface area contributed by atoms with Crippen molar-refractivity contribution in [3.8, 4) is 0 Å². The summed E-state index contributed by atoms with van der Waals surface area (Å²) in [5.74, 6) is -1.96. The van der Waals surface area contributed by atoms with E-state index < -0.39 is 28.5 Å². The Hall–Kier alpha value is -1.64. The number of amides is 1. The summed E-state index contributed by atoms with van der Waals surface area (Å²) >= 11 is 0.311. The summed E-state index contributed by atoms with van der Waals surface area (Å²) in [4.78, 5) is 25.5. The second-order valence-electron chi connectivity index (χ2n) is 4.41. The summed E-state index contributed by atoms with van der Waals surface area (Å²) in [6, 6.07) is 0. The molecule has 0 aliphatic heterocycles. The molecule has 0 unspecified atom stereocenters. The molecule has 1 rings (SSSR count). The van der Waals surface area contributed by atoms with E-state index in [9.17, 15) is 22.8 Å². The van der Waals surface area contributed by atoms with Gasteiger partial charge in [-0.25, -0.2) is 4.98 Å². The van der Waals surface area contributed by atoms with Crippen LogP contribution < -0.4 is 5.32 Å². The smallest absolute Gasteiger partial charge is 0.443 e. The highest BCUT2D eigenvalue weighted by atomic mass is 32.1. The minimum absolute atomic E-state index is 0.208. The lowest BCUT2D eigenvalue weighted by Crippen LogP contribution is -2.39. The second-order valence-corrected chi connectivity index (χ2v) is 5.27. The molecule has 19 heavy (non-hydrogen) atoms. The van der Waals surface area contributed by atoms with Gasteiger partial charge < -0.3 is 10.4 Å². The third-order valence-electron chi connectivity index (χ3n) is 2.25. The Balaban J connectivity index is 2.70.